The van der Waals surface area contributed by atoms with Crippen LogP contribution in [0.25, 0.3) is 0 Å². The van der Waals surface area contributed by atoms with Crippen LogP contribution in [-0.4, -0.2) is 32.5 Å². The van der Waals surface area contributed by atoms with Gasteiger partial charge in [-0.1, -0.05) is 43.2 Å². The van der Waals surface area contributed by atoms with E-state index in [1.165, 1.54) is 12.3 Å². The molecule has 1 aromatic carbocycles. The van der Waals surface area contributed by atoms with Gasteiger partial charge in [0, 0.05) is 12.3 Å². The highest BCUT2D eigenvalue weighted by Gasteiger charge is 2.54. The van der Waals surface area contributed by atoms with Gasteiger partial charge >= 0.3 is 5.69 Å². The number of terminal acetylenes is 1. The van der Waals surface area contributed by atoms with E-state index in [4.69, 9.17) is 15.9 Å². The fraction of sp³-hybridized carbons (Fsp3) is 0.368. The molecule has 0 radical (unpaired) electrons. The molecule has 7 heteroatoms. The third kappa shape index (κ3) is 3.22. The Morgan fingerprint density at radius 1 is 1.35 bits per heavy atom. The Labute approximate surface area is 150 Å². The molecule has 1 aliphatic heterocycles. The summed E-state index contributed by atoms with van der Waals surface area (Å²) >= 11 is 0. The van der Waals surface area contributed by atoms with Gasteiger partial charge in [-0.25, -0.2) is 4.79 Å². The summed E-state index contributed by atoms with van der Waals surface area (Å²) in [6.45, 7) is 2.06. The Hall–Kier alpha value is -2.66. The van der Waals surface area contributed by atoms with E-state index in [-0.39, 0.29) is 6.61 Å². The Kier molecular flexibility index (Phi) is 5.09. The molecule has 1 aromatic heterocycles. The van der Waals surface area contributed by atoms with Crippen LogP contribution >= 0.6 is 0 Å². The summed E-state index contributed by atoms with van der Waals surface area (Å²) in [6, 6.07) is 10.6. The van der Waals surface area contributed by atoms with Crippen LogP contribution in [0.15, 0.2) is 52.2 Å². The second-order valence-electron chi connectivity index (χ2n) is 6.12. The molecule has 0 aliphatic carbocycles. The van der Waals surface area contributed by atoms with E-state index in [9.17, 15) is 14.7 Å². The van der Waals surface area contributed by atoms with Gasteiger partial charge in [-0.15, -0.1) is 6.42 Å². The average molecular weight is 356 g/mol. The number of aromatic nitrogens is 2. The number of ether oxygens (including phenoxy) is 2. The van der Waals surface area contributed by atoms with Crippen LogP contribution in [0.4, 0.5) is 0 Å². The standard InChI is InChI=1S/C19H20N2O5/c1-3-19(4-2)16(25-12-13-8-6-5-7-9-13)15(23)17(26-19)21-11-10-14(22)20-18(21)24/h1,5-11,15-17,23H,4,12H2,2H3,(H,20,22,24)/t15-,16?,17+,19+/m0/s1. The van der Waals surface area contributed by atoms with Gasteiger partial charge in [-0.05, 0) is 12.0 Å². The monoisotopic (exact) mass is 356 g/mol. The number of aliphatic hydroxyl groups excluding tert-OH is 1. The molecule has 0 bridgehead atoms. The van der Waals surface area contributed by atoms with Gasteiger partial charge in [0.15, 0.2) is 11.8 Å². The summed E-state index contributed by atoms with van der Waals surface area (Å²) in [4.78, 5) is 25.5. The van der Waals surface area contributed by atoms with Crippen molar-refractivity contribution in [3.05, 3.63) is 69.0 Å². The predicted molar refractivity (Wildman–Crippen MR) is 94.3 cm³/mol. The first-order chi connectivity index (χ1) is 12.5. The smallest absolute Gasteiger partial charge is 0.330 e. The van der Waals surface area contributed by atoms with Crippen molar-refractivity contribution in [1.82, 2.24) is 9.55 Å². The number of nitrogens with one attached hydrogen (secondary N) is 1. The first kappa shape index (κ1) is 18.1. The quantitative estimate of drug-likeness (QED) is 0.773. The summed E-state index contributed by atoms with van der Waals surface area (Å²) in [5.41, 5.74) is -1.48. The average Bonchev–Trinajstić information content (AvgIpc) is 2.93. The second-order valence-corrected chi connectivity index (χ2v) is 6.12. The van der Waals surface area contributed by atoms with Gasteiger partial charge in [0.25, 0.3) is 5.56 Å². The van der Waals surface area contributed by atoms with Crippen molar-refractivity contribution in [2.24, 2.45) is 0 Å². The number of benzene rings is 1. The summed E-state index contributed by atoms with van der Waals surface area (Å²) in [5, 5.41) is 10.8. The number of hydrogen-bond donors (Lipinski definition) is 2. The van der Waals surface area contributed by atoms with Crippen molar-refractivity contribution >= 4 is 0 Å². The van der Waals surface area contributed by atoms with E-state index >= 15 is 0 Å². The summed E-state index contributed by atoms with van der Waals surface area (Å²) < 4.78 is 12.9. The molecule has 2 N–H and O–H groups in total. The maximum atomic E-state index is 12.1. The predicted octanol–water partition coefficient (Wildman–Crippen LogP) is 0.794. The molecule has 2 aromatic rings. The molecule has 0 spiro atoms. The van der Waals surface area contributed by atoms with Crippen molar-refractivity contribution in [2.75, 3.05) is 0 Å². The molecular formula is C19H20N2O5. The fourth-order valence-electron chi connectivity index (χ4n) is 3.12. The molecule has 1 aliphatic rings. The molecule has 0 amide bonds. The van der Waals surface area contributed by atoms with Crippen molar-refractivity contribution in [3.8, 4) is 12.3 Å². The van der Waals surface area contributed by atoms with Gasteiger partial charge in [0.05, 0.1) is 6.61 Å². The highest BCUT2D eigenvalue weighted by molar-refractivity contribution is 5.19. The van der Waals surface area contributed by atoms with Gasteiger partial charge in [0.2, 0.25) is 0 Å². The largest absolute Gasteiger partial charge is 0.386 e. The topological polar surface area (TPSA) is 93.6 Å². The Morgan fingerprint density at radius 2 is 2.08 bits per heavy atom. The zero-order valence-electron chi connectivity index (χ0n) is 14.3. The van der Waals surface area contributed by atoms with Crippen molar-refractivity contribution < 1.29 is 14.6 Å². The van der Waals surface area contributed by atoms with Gasteiger partial charge in [0.1, 0.15) is 12.2 Å². The number of aromatic amines is 1. The lowest BCUT2D eigenvalue weighted by atomic mass is 9.93. The molecule has 1 saturated heterocycles. The van der Waals surface area contributed by atoms with Gasteiger partial charge in [-0.3, -0.25) is 14.3 Å². The van der Waals surface area contributed by atoms with E-state index in [2.05, 4.69) is 10.9 Å². The van der Waals surface area contributed by atoms with Gasteiger partial charge < -0.3 is 14.6 Å². The lowest BCUT2D eigenvalue weighted by Crippen LogP contribution is -2.43. The normalized spacial score (nSPS) is 28.0. The Morgan fingerprint density at radius 3 is 2.69 bits per heavy atom. The third-order valence-corrected chi connectivity index (χ3v) is 4.56. The van der Waals surface area contributed by atoms with Crippen molar-refractivity contribution in [1.29, 1.82) is 0 Å². The SMILES string of the molecule is C#C[C@]1(CC)O[C@@H](n2ccc(=O)[nH]c2=O)[C@@H](O)C1OCc1ccccc1. The number of aliphatic hydroxyl groups is 1. The number of rotatable bonds is 5. The molecule has 1 unspecified atom stereocenters. The van der Waals surface area contributed by atoms with Crippen molar-refractivity contribution in [2.45, 2.75) is 44.0 Å². The summed E-state index contributed by atoms with van der Waals surface area (Å²) in [6.07, 6.45) is 4.27. The van der Waals surface area contributed by atoms with Crippen LogP contribution in [0.2, 0.25) is 0 Å². The van der Waals surface area contributed by atoms with E-state index in [1.54, 1.807) is 0 Å². The molecule has 1 fully saturated rings. The van der Waals surface area contributed by atoms with Gasteiger partial charge in [-0.2, -0.15) is 0 Å². The summed E-state index contributed by atoms with van der Waals surface area (Å²) in [5.74, 6) is 2.58. The molecule has 136 valence electrons. The highest BCUT2D eigenvalue weighted by atomic mass is 16.6. The lowest BCUT2D eigenvalue weighted by molar-refractivity contribution is -0.0880. The maximum absolute atomic E-state index is 12.1. The zero-order chi connectivity index (χ0) is 18.7. The molecular weight excluding hydrogens is 336 g/mol. The van der Waals surface area contributed by atoms with Crippen LogP contribution in [0.5, 0.6) is 0 Å². The molecule has 3 rings (SSSR count). The van der Waals surface area contributed by atoms with E-state index in [0.717, 1.165) is 10.1 Å². The number of hydrogen-bond acceptors (Lipinski definition) is 5. The molecule has 0 saturated carbocycles. The fourth-order valence-corrected chi connectivity index (χ4v) is 3.12. The van der Waals surface area contributed by atoms with E-state index < -0.39 is 35.3 Å². The van der Waals surface area contributed by atoms with Crippen molar-refractivity contribution in [3.63, 3.8) is 0 Å². The van der Waals surface area contributed by atoms with Crippen LogP contribution < -0.4 is 11.2 Å². The molecule has 7 nitrogen and oxygen atoms in total. The minimum atomic E-state index is -1.19. The number of nitrogens with zero attached hydrogens (tertiary/aromatic N) is 1. The Balaban J connectivity index is 1.90. The number of H-pyrrole nitrogens is 1. The molecule has 4 atom stereocenters. The maximum Gasteiger partial charge on any atom is 0.330 e. The lowest BCUT2D eigenvalue weighted by Gasteiger charge is -2.28. The van der Waals surface area contributed by atoms with E-state index in [1.807, 2.05) is 37.3 Å². The molecule has 2 heterocycles. The third-order valence-electron chi connectivity index (χ3n) is 4.56. The Bertz CT molecular complexity index is 914. The van der Waals surface area contributed by atoms with E-state index in [0.29, 0.717) is 6.42 Å². The second kappa shape index (κ2) is 7.30. The summed E-state index contributed by atoms with van der Waals surface area (Å²) in [7, 11) is 0. The van der Waals surface area contributed by atoms with Crippen LogP contribution in [0.1, 0.15) is 25.1 Å². The first-order valence-electron chi connectivity index (χ1n) is 8.31. The van der Waals surface area contributed by atoms with Crippen LogP contribution in [-0.2, 0) is 16.1 Å². The van der Waals surface area contributed by atoms with Crippen LogP contribution in [0.3, 0.4) is 0 Å². The minimum absolute atomic E-state index is 0.239. The molecule has 26 heavy (non-hydrogen) atoms. The minimum Gasteiger partial charge on any atom is -0.386 e. The first-order valence-corrected chi connectivity index (χ1v) is 8.31. The highest BCUT2D eigenvalue weighted by Crippen LogP contribution is 2.40. The van der Waals surface area contributed by atoms with Crippen LogP contribution in [0, 0.1) is 12.3 Å². The zero-order valence-corrected chi connectivity index (χ0v) is 14.3.